The van der Waals surface area contributed by atoms with E-state index in [4.69, 9.17) is 14.2 Å². The number of benzene rings is 2. The van der Waals surface area contributed by atoms with Gasteiger partial charge in [-0.2, -0.15) is 0 Å². The Bertz CT molecular complexity index is 1930. The number of aryl methyl sites for hydroxylation is 1. The van der Waals surface area contributed by atoms with Crippen LogP contribution in [0.5, 0.6) is 0 Å². The zero-order valence-electron chi connectivity index (χ0n) is 27.3. The van der Waals surface area contributed by atoms with E-state index in [1.54, 1.807) is 63.6 Å². The monoisotopic (exact) mass is 655 g/mol. The van der Waals surface area contributed by atoms with Gasteiger partial charge in [-0.25, -0.2) is 9.78 Å². The van der Waals surface area contributed by atoms with E-state index >= 15 is 0 Å². The van der Waals surface area contributed by atoms with Gasteiger partial charge in [0, 0.05) is 49.9 Å². The maximum absolute atomic E-state index is 14.3. The van der Waals surface area contributed by atoms with Crippen molar-refractivity contribution in [1.29, 1.82) is 0 Å². The molecule has 3 N–H and O–H groups in total. The molecular weight excluding hydrogens is 614 g/mol. The summed E-state index contributed by atoms with van der Waals surface area (Å²) in [6, 6.07) is 13.6. The number of aromatic nitrogens is 2. The van der Waals surface area contributed by atoms with E-state index in [1.165, 1.54) is 4.57 Å². The summed E-state index contributed by atoms with van der Waals surface area (Å²) < 4.78 is 19.7. The average molecular weight is 656 g/mol. The van der Waals surface area contributed by atoms with E-state index in [1.807, 2.05) is 6.07 Å². The molecule has 9 rings (SSSR count). The Morgan fingerprint density at radius 1 is 1.06 bits per heavy atom. The van der Waals surface area contributed by atoms with Crippen molar-refractivity contribution in [2.75, 3.05) is 20.8 Å². The Hall–Kier alpha value is -3.64. The van der Waals surface area contributed by atoms with Crippen LogP contribution in [0.15, 0.2) is 53.3 Å². The third-order valence-electron chi connectivity index (χ3n) is 13.8. The summed E-state index contributed by atoms with van der Waals surface area (Å²) in [5, 5.41) is 27.9. The molecule has 252 valence electrons. The predicted molar refractivity (Wildman–Crippen MR) is 172 cm³/mol. The molecule has 48 heavy (non-hydrogen) atoms. The van der Waals surface area contributed by atoms with Gasteiger partial charge in [-0.15, -0.1) is 0 Å². The third-order valence-corrected chi connectivity index (χ3v) is 13.8. The molecule has 1 spiro atoms. The number of aliphatic hydroxyl groups is 2. The van der Waals surface area contributed by atoms with Gasteiger partial charge in [0.25, 0.3) is 5.56 Å². The highest BCUT2D eigenvalue weighted by Crippen LogP contribution is 2.78. The van der Waals surface area contributed by atoms with Gasteiger partial charge in [0.2, 0.25) is 5.91 Å². The summed E-state index contributed by atoms with van der Waals surface area (Å²) in [7, 11) is 3.36. The maximum Gasteiger partial charge on any atom is 0.340 e. The van der Waals surface area contributed by atoms with Gasteiger partial charge in [0.1, 0.15) is 12.4 Å². The van der Waals surface area contributed by atoms with Gasteiger partial charge in [-0.1, -0.05) is 24.3 Å². The number of nitrogens with zero attached hydrogens (tertiary/aromatic N) is 2. The summed E-state index contributed by atoms with van der Waals surface area (Å²) in [6.45, 7) is 1.59. The van der Waals surface area contributed by atoms with Crippen molar-refractivity contribution >= 4 is 22.8 Å². The van der Waals surface area contributed by atoms with Crippen LogP contribution in [-0.4, -0.2) is 82.4 Å². The minimum atomic E-state index is -1.19. The van der Waals surface area contributed by atoms with Crippen molar-refractivity contribution in [3.8, 4) is 5.69 Å². The molecule has 3 aromatic rings. The topological polar surface area (TPSA) is 149 Å². The fraction of sp³-hybridized carbons (Fsp3) is 0.568. The lowest BCUT2D eigenvalue weighted by atomic mass is 9.43. The molecule has 5 aliphatic carbocycles. The highest BCUT2D eigenvalue weighted by molar-refractivity contribution is 5.94. The fourth-order valence-corrected chi connectivity index (χ4v) is 12.2. The van der Waals surface area contributed by atoms with E-state index in [-0.39, 0.29) is 71.5 Å². The number of carbonyl (C=O) groups excluding carboxylic acids is 2. The van der Waals surface area contributed by atoms with Crippen LogP contribution in [0, 0.1) is 47.3 Å². The minimum Gasteiger partial charge on any atom is -0.461 e. The molecule has 1 aromatic heterocycles. The molecule has 1 unspecified atom stereocenters. The van der Waals surface area contributed by atoms with Crippen molar-refractivity contribution < 1.29 is 34.0 Å². The first kappa shape index (κ1) is 30.4. The number of hydrogen-bond acceptors (Lipinski definition) is 9. The maximum atomic E-state index is 14.3. The molecule has 6 aliphatic rings. The molecular formula is C37H41N3O8. The van der Waals surface area contributed by atoms with Crippen molar-refractivity contribution in [3.05, 3.63) is 70.3 Å². The molecule has 1 amide bonds. The number of aliphatic hydroxyl groups excluding tert-OH is 1. The minimum absolute atomic E-state index is 0.0895. The summed E-state index contributed by atoms with van der Waals surface area (Å²) >= 11 is 0. The third kappa shape index (κ3) is 3.53. The number of para-hydroxylation sites is 2. The van der Waals surface area contributed by atoms with Gasteiger partial charge in [0.05, 0.1) is 51.5 Å². The van der Waals surface area contributed by atoms with Crippen LogP contribution in [0.3, 0.4) is 0 Å². The lowest BCUT2D eigenvalue weighted by Crippen LogP contribution is -2.77. The number of hydrogen-bond donors (Lipinski definition) is 3. The number of carbonyl (C=O) groups is 2. The predicted octanol–water partition coefficient (Wildman–Crippen LogP) is 2.54. The summed E-state index contributed by atoms with van der Waals surface area (Å²) in [5.74, 6) is -1.38. The summed E-state index contributed by atoms with van der Waals surface area (Å²) in [6.07, 6.45) is 1.59. The van der Waals surface area contributed by atoms with E-state index in [0.717, 1.165) is 0 Å². The quantitative estimate of drug-likeness (QED) is 0.341. The van der Waals surface area contributed by atoms with Gasteiger partial charge >= 0.3 is 5.97 Å². The fourth-order valence-electron chi connectivity index (χ4n) is 12.2. The van der Waals surface area contributed by atoms with Crippen LogP contribution in [0.4, 0.5) is 0 Å². The van der Waals surface area contributed by atoms with Crippen molar-refractivity contribution in [3.63, 3.8) is 0 Å². The van der Waals surface area contributed by atoms with Crippen LogP contribution in [0.25, 0.3) is 16.6 Å². The highest BCUT2D eigenvalue weighted by Gasteiger charge is 2.84. The lowest BCUT2D eigenvalue weighted by Gasteiger charge is -2.66. The molecule has 7 bridgehead atoms. The van der Waals surface area contributed by atoms with Crippen molar-refractivity contribution in [1.82, 2.24) is 14.9 Å². The Morgan fingerprint density at radius 3 is 2.62 bits per heavy atom. The number of amides is 1. The highest BCUT2D eigenvalue weighted by atomic mass is 16.5. The largest absolute Gasteiger partial charge is 0.461 e. The number of ether oxygens (including phenoxy) is 3. The number of piperidine rings is 1. The van der Waals surface area contributed by atoms with Crippen LogP contribution in [0.2, 0.25) is 0 Å². The van der Waals surface area contributed by atoms with Crippen LogP contribution < -0.4 is 10.9 Å². The SMILES string of the molecule is CO[C@H]1C[C@@]2(O)[C@H]3[C@@H](O)[C@@H]1C[C@H]3[C@]13C4NC(=O)[C@](COC(=O)c5ccccc5-n5c(C)nc6ccccc6c5=O)(CC[C@@H]1OC)[C@H]3C[C@@H]42. The Labute approximate surface area is 277 Å². The lowest BCUT2D eigenvalue weighted by molar-refractivity contribution is -0.246. The number of fused-ring (bicyclic) bond motifs is 3. The molecule has 0 radical (unpaired) electrons. The molecule has 11 heteroatoms. The molecule has 2 aromatic carbocycles. The van der Waals surface area contributed by atoms with E-state index in [9.17, 15) is 24.6 Å². The second kappa shape index (κ2) is 10.2. The number of nitrogens with one attached hydrogen (secondary N) is 1. The Morgan fingerprint density at radius 2 is 1.83 bits per heavy atom. The first-order valence-corrected chi connectivity index (χ1v) is 17.1. The first-order valence-electron chi connectivity index (χ1n) is 17.1. The zero-order valence-corrected chi connectivity index (χ0v) is 27.3. The molecule has 5 saturated carbocycles. The molecule has 6 fully saturated rings. The van der Waals surface area contributed by atoms with Crippen LogP contribution in [0.1, 0.15) is 48.3 Å². The smallest absolute Gasteiger partial charge is 0.340 e. The van der Waals surface area contributed by atoms with E-state index in [0.29, 0.717) is 54.5 Å². The number of rotatable bonds is 6. The van der Waals surface area contributed by atoms with E-state index in [2.05, 4.69) is 10.3 Å². The molecule has 11 nitrogen and oxygen atoms in total. The van der Waals surface area contributed by atoms with E-state index < -0.39 is 28.5 Å². The standard InChI is InChI=1S/C37H41N3O8/c1-18-38-24-10-6-4-8-19(24)32(42)40(18)25-11-7-5-9-20(25)33(43)48-17-35-13-12-28(47-3)37-22-14-21-26(46-2)16-36(45,29(22)30(21)41)23(15-27(35)37)31(37)39-34(35)44/h4-11,21-23,26-31,41,45H,12-17H2,1-3H3,(H,39,44)/t21-,22-,23+,26+,27-,28+,29-,30+,31?,35+,36+,37-/m1/s1. The van der Waals surface area contributed by atoms with Gasteiger partial charge in [-0.05, 0) is 68.7 Å². The van der Waals surface area contributed by atoms with Crippen molar-refractivity contribution in [2.24, 2.45) is 40.4 Å². The Balaban J connectivity index is 1.09. The second-order valence-corrected chi connectivity index (χ2v) is 15.2. The zero-order chi connectivity index (χ0) is 33.3. The van der Waals surface area contributed by atoms with Crippen LogP contribution in [-0.2, 0) is 19.0 Å². The average Bonchev–Trinajstić information content (AvgIpc) is 3.50. The Kier molecular flexibility index (Phi) is 6.46. The van der Waals surface area contributed by atoms with Gasteiger partial charge in [0.15, 0.2) is 0 Å². The summed E-state index contributed by atoms with van der Waals surface area (Å²) in [5.41, 5.74) is -1.89. The molecule has 1 saturated heterocycles. The number of methoxy groups -OCH3 is 2. The summed E-state index contributed by atoms with van der Waals surface area (Å²) in [4.78, 5) is 46.6. The van der Waals surface area contributed by atoms with Crippen molar-refractivity contribution in [2.45, 2.75) is 69.0 Å². The second-order valence-electron chi connectivity index (χ2n) is 15.2. The van der Waals surface area contributed by atoms with Crippen LogP contribution >= 0.6 is 0 Å². The molecule has 12 atom stereocenters. The number of esters is 1. The van der Waals surface area contributed by atoms with Gasteiger partial charge in [-0.3, -0.25) is 14.2 Å². The molecule has 1 aliphatic heterocycles. The van der Waals surface area contributed by atoms with Gasteiger partial charge < -0.3 is 29.7 Å². The normalized spacial score (nSPS) is 41.7. The molecule has 2 heterocycles. The first-order chi connectivity index (χ1) is 23.1.